The molecule has 0 bridgehead atoms. The van der Waals surface area contributed by atoms with Crippen LogP contribution in [0.15, 0.2) is 47.7 Å². The highest BCUT2D eigenvalue weighted by Crippen LogP contribution is 1.99. The summed E-state index contributed by atoms with van der Waals surface area (Å²) in [6.07, 6.45) is 5.40. The number of rotatable bonds is 5. The minimum Gasteiger partial charge on any atom is -0.464 e. The number of ether oxygens (including phenoxy) is 1. The molecule has 0 aromatic carbocycles. The number of hydrogen-bond donors (Lipinski definition) is 1. The summed E-state index contributed by atoms with van der Waals surface area (Å²) in [5, 5.41) is 0. The highest BCUT2D eigenvalue weighted by Gasteiger charge is 2.06. The maximum atomic E-state index is 11.6. The molecule has 2 aromatic rings. The molecule has 0 unspecified atom stereocenters. The summed E-state index contributed by atoms with van der Waals surface area (Å²) in [4.78, 5) is 27.0. The van der Waals surface area contributed by atoms with Crippen LogP contribution in [0, 0.1) is 0 Å². The van der Waals surface area contributed by atoms with E-state index in [1.807, 2.05) is 12.1 Å². The minimum absolute atomic E-state index is 0.139. The first-order chi connectivity index (χ1) is 9.65. The maximum Gasteiger partial charge on any atom is 0.326 e. The zero-order valence-corrected chi connectivity index (χ0v) is 10.9. The molecule has 2 heterocycles. The van der Waals surface area contributed by atoms with Gasteiger partial charge in [0.2, 0.25) is 0 Å². The molecular weight excluding hydrogens is 258 g/mol. The minimum atomic E-state index is -0.466. The van der Waals surface area contributed by atoms with E-state index in [1.54, 1.807) is 12.4 Å². The van der Waals surface area contributed by atoms with Gasteiger partial charge in [-0.1, -0.05) is 0 Å². The van der Waals surface area contributed by atoms with E-state index < -0.39 is 5.97 Å². The molecule has 2 aromatic heterocycles. The molecule has 0 spiro atoms. The second kappa shape index (κ2) is 6.51. The van der Waals surface area contributed by atoms with E-state index in [1.165, 1.54) is 22.9 Å². The van der Waals surface area contributed by atoms with E-state index in [0.29, 0.717) is 12.1 Å². The number of esters is 1. The van der Waals surface area contributed by atoms with Crippen LogP contribution in [0.5, 0.6) is 0 Å². The van der Waals surface area contributed by atoms with Crippen LogP contribution in [-0.2, 0) is 22.5 Å². The van der Waals surface area contributed by atoms with Crippen molar-refractivity contribution in [2.45, 2.75) is 13.0 Å². The van der Waals surface area contributed by atoms with Gasteiger partial charge in [0, 0.05) is 36.8 Å². The summed E-state index contributed by atoms with van der Waals surface area (Å²) in [6.45, 7) is 0.125. The number of pyridine rings is 2. The van der Waals surface area contributed by atoms with Gasteiger partial charge >= 0.3 is 5.97 Å². The molecule has 0 saturated heterocycles. The van der Waals surface area contributed by atoms with E-state index in [4.69, 9.17) is 10.5 Å². The predicted molar refractivity (Wildman–Crippen MR) is 74.0 cm³/mol. The van der Waals surface area contributed by atoms with Gasteiger partial charge in [-0.25, -0.2) is 0 Å². The van der Waals surface area contributed by atoms with Crippen molar-refractivity contribution < 1.29 is 9.53 Å². The molecule has 0 aliphatic heterocycles. The van der Waals surface area contributed by atoms with E-state index in [2.05, 4.69) is 4.98 Å². The molecule has 0 aliphatic rings. The molecule has 6 heteroatoms. The van der Waals surface area contributed by atoms with E-state index in [-0.39, 0.29) is 18.7 Å². The summed E-state index contributed by atoms with van der Waals surface area (Å²) in [7, 11) is 0. The van der Waals surface area contributed by atoms with Crippen LogP contribution in [0.1, 0.15) is 5.56 Å². The highest BCUT2D eigenvalue weighted by molar-refractivity contribution is 5.69. The normalized spacial score (nSPS) is 10.2. The van der Waals surface area contributed by atoms with E-state index in [9.17, 15) is 9.59 Å². The lowest BCUT2D eigenvalue weighted by molar-refractivity contribution is -0.144. The quantitative estimate of drug-likeness (QED) is 0.806. The van der Waals surface area contributed by atoms with E-state index >= 15 is 0 Å². The summed E-state index contributed by atoms with van der Waals surface area (Å²) >= 11 is 0. The van der Waals surface area contributed by atoms with Crippen molar-refractivity contribution in [1.29, 1.82) is 0 Å². The smallest absolute Gasteiger partial charge is 0.326 e. The van der Waals surface area contributed by atoms with Gasteiger partial charge in [-0.05, 0) is 23.8 Å². The lowest BCUT2D eigenvalue weighted by Crippen LogP contribution is -2.25. The Bertz CT molecular complexity index is 638. The molecule has 0 saturated carbocycles. The van der Waals surface area contributed by atoms with Crippen molar-refractivity contribution in [3.8, 4) is 0 Å². The Morgan fingerprint density at radius 3 is 2.75 bits per heavy atom. The average Bonchev–Trinajstić information content (AvgIpc) is 2.44. The van der Waals surface area contributed by atoms with Gasteiger partial charge in [-0.2, -0.15) is 0 Å². The Balaban J connectivity index is 1.84. The van der Waals surface area contributed by atoms with Crippen LogP contribution in [-0.4, -0.2) is 22.1 Å². The fraction of sp³-hybridized carbons (Fsp3) is 0.214. The van der Waals surface area contributed by atoms with Crippen molar-refractivity contribution in [3.63, 3.8) is 0 Å². The van der Waals surface area contributed by atoms with Crippen LogP contribution in [0.4, 0.5) is 5.69 Å². The van der Waals surface area contributed by atoms with Crippen molar-refractivity contribution in [3.05, 3.63) is 58.8 Å². The Kier molecular flexibility index (Phi) is 4.49. The molecule has 0 atom stereocenters. The van der Waals surface area contributed by atoms with Crippen LogP contribution in [0.25, 0.3) is 0 Å². The third kappa shape index (κ3) is 3.94. The molecule has 6 nitrogen and oxygen atoms in total. The number of anilines is 1. The summed E-state index contributed by atoms with van der Waals surface area (Å²) in [6, 6.07) is 6.53. The maximum absolute atomic E-state index is 11.6. The number of hydrogen-bond acceptors (Lipinski definition) is 5. The first-order valence-corrected chi connectivity index (χ1v) is 6.15. The zero-order valence-electron chi connectivity index (χ0n) is 10.9. The molecule has 0 radical (unpaired) electrons. The standard InChI is InChI=1S/C14H15N3O3/c15-12-1-2-13(18)17(9-12)10-14(19)20-8-5-11-3-6-16-7-4-11/h1-4,6-7,9H,5,8,10,15H2. The molecular formula is C14H15N3O3. The van der Waals surface area contributed by atoms with Gasteiger partial charge in [0.15, 0.2) is 0 Å². The van der Waals surface area contributed by atoms with Gasteiger partial charge in [0.1, 0.15) is 6.54 Å². The number of nitrogen functional groups attached to an aromatic ring is 1. The predicted octanol–water partition coefficient (Wildman–Crippen LogP) is 0.611. The highest BCUT2D eigenvalue weighted by atomic mass is 16.5. The Morgan fingerprint density at radius 2 is 2.00 bits per heavy atom. The van der Waals surface area contributed by atoms with Gasteiger partial charge in [-0.15, -0.1) is 0 Å². The van der Waals surface area contributed by atoms with Crippen molar-refractivity contribution in [1.82, 2.24) is 9.55 Å². The summed E-state index contributed by atoms with van der Waals surface area (Å²) in [5.74, 6) is -0.466. The molecule has 104 valence electrons. The molecule has 2 N–H and O–H groups in total. The topological polar surface area (TPSA) is 87.2 Å². The lowest BCUT2D eigenvalue weighted by Gasteiger charge is -2.07. The lowest BCUT2D eigenvalue weighted by atomic mass is 10.2. The largest absolute Gasteiger partial charge is 0.464 e. The zero-order chi connectivity index (χ0) is 14.4. The van der Waals surface area contributed by atoms with E-state index in [0.717, 1.165) is 5.56 Å². The third-order valence-corrected chi connectivity index (χ3v) is 2.71. The monoisotopic (exact) mass is 273 g/mol. The summed E-state index contributed by atoms with van der Waals surface area (Å²) < 4.78 is 6.31. The van der Waals surface area contributed by atoms with Gasteiger partial charge < -0.3 is 15.0 Å². The Morgan fingerprint density at radius 1 is 1.25 bits per heavy atom. The Hall–Kier alpha value is -2.63. The number of nitrogens with two attached hydrogens (primary N) is 1. The Labute approximate surface area is 115 Å². The number of carbonyl (C=O) groups excluding carboxylic acids is 1. The van der Waals surface area contributed by atoms with Crippen LogP contribution < -0.4 is 11.3 Å². The molecule has 0 amide bonds. The van der Waals surface area contributed by atoms with Crippen molar-refractivity contribution in [2.24, 2.45) is 0 Å². The molecule has 0 aliphatic carbocycles. The fourth-order valence-corrected chi connectivity index (χ4v) is 1.69. The molecule has 20 heavy (non-hydrogen) atoms. The molecule has 2 rings (SSSR count). The van der Waals surface area contributed by atoms with Crippen LogP contribution in [0.2, 0.25) is 0 Å². The summed E-state index contributed by atoms with van der Waals surface area (Å²) in [5.41, 5.74) is 6.74. The first-order valence-electron chi connectivity index (χ1n) is 6.15. The van der Waals surface area contributed by atoms with Gasteiger partial charge in [0.25, 0.3) is 5.56 Å². The second-order valence-corrected chi connectivity index (χ2v) is 4.25. The van der Waals surface area contributed by atoms with Crippen molar-refractivity contribution in [2.75, 3.05) is 12.3 Å². The van der Waals surface area contributed by atoms with Crippen LogP contribution in [0.3, 0.4) is 0 Å². The average molecular weight is 273 g/mol. The fourth-order valence-electron chi connectivity index (χ4n) is 1.69. The number of aromatic nitrogens is 2. The van der Waals surface area contributed by atoms with Crippen LogP contribution >= 0.6 is 0 Å². The molecule has 0 fully saturated rings. The number of carbonyl (C=O) groups is 1. The number of nitrogens with zero attached hydrogens (tertiary/aromatic N) is 2. The van der Waals surface area contributed by atoms with Gasteiger partial charge in [-0.3, -0.25) is 14.6 Å². The van der Waals surface area contributed by atoms with Crippen molar-refractivity contribution >= 4 is 11.7 Å². The first kappa shape index (κ1) is 13.8. The van der Waals surface area contributed by atoms with Gasteiger partial charge in [0.05, 0.1) is 6.61 Å². The second-order valence-electron chi connectivity index (χ2n) is 4.25. The third-order valence-electron chi connectivity index (χ3n) is 2.71. The SMILES string of the molecule is Nc1ccc(=O)n(CC(=O)OCCc2ccncc2)c1.